The molecule has 0 fully saturated rings. The maximum atomic E-state index is 13.1. The van der Waals surface area contributed by atoms with Crippen molar-refractivity contribution in [3.8, 4) is 5.75 Å². The van der Waals surface area contributed by atoms with Gasteiger partial charge in [0.05, 0.1) is 11.3 Å². The molecule has 2 aromatic rings. The normalized spacial score (nSPS) is 10.3. The predicted molar refractivity (Wildman–Crippen MR) is 69.7 cm³/mol. The van der Waals surface area contributed by atoms with Gasteiger partial charge in [0, 0.05) is 5.69 Å². The summed E-state index contributed by atoms with van der Waals surface area (Å²) < 4.78 is 18.6. The van der Waals surface area contributed by atoms with E-state index >= 15 is 0 Å². The molecule has 4 heteroatoms. The van der Waals surface area contributed by atoms with Crippen LogP contribution >= 0.6 is 0 Å². The summed E-state index contributed by atoms with van der Waals surface area (Å²) in [6.45, 7) is 3.52. The first kappa shape index (κ1) is 13.2. The third-order valence-corrected chi connectivity index (χ3v) is 2.64. The molecule has 0 saturated heterocycles. The number of rotatable bonds is 4. The zero-order valence-corrected chi connectivity index (χ0v) is 10.8. The molecule has 0 amide bonds. The summed E-state index contributed by atoms with van der Waals surface area (Å²) in [6, 6.07) is 9.53. The average molecular weight is 259 g/mol. The first-order valence-corrected chi connectivity index (χ1v) is 5.92. The smallest absolute Gasteiger partial charge is 0.163 e. The van der Waals surface area contributed by atoms with Crippen LogP contribution in [0.5, 0.6) is 5.75 Å². The molecule has 3 nitrogen and oxygen atoms in total. The number of ether oxygens (including phenoxy) is 1. The van der Waals surface area contributed by atoms with Gasteiger partial charge < -0.3 is 4.74 Å². The molecular weight excluding hydrogens is 245 g/mol. The highest BCUT2D eigenvalue weighted by Gasteiger charge is 2.10. The number of hydrogen-bond acceptors (Lipinski definition) is 3. The molecule has 98 valence electrons. The molecule has 0 aliphatic carbocycles. The van der Waals surface area contributed by atoms with Crippen molar-refractivity contribution < 1.29 is 13.9 Å². The minimum atomic E-state index is -0.453. The Bertz CT molecular complexity index is 611. The SMILES string of the molecule is CC(=O)c1cc(F)ccc1OCc1cccc(C)n1. The molecule has 0 radical (unpaired) electrons. The van der Waals surface area contributed by atoms with E-state index in [1.807, 2.05) is 25.1 Å². The Morgan fingerprint density at radius 2 is 2.11 bits per heavy atom. The Morgan fingerprint density at radius 1 is 1.32 bits per heavy atom. The van der Waals surface area contributed by atoms with Gasteiger partial charge >= 0.3 is 0 Å². The second kappa shape index (κ2) is 5.61. The van der Waals surface area contributed by atoms with Crippen molar-refractivity contribution in [2.24, 2.45) is 0 Å². The topological polar surface area (TPSA) is 39.2 Å². The maximum Gasteiger partial charge on any atom is 0.163 e. The highest BCUT2D eigenvalue weighted by Crippen LogP contribution is 2.21. The van der Waals surface area contributed by atoms with Crippen LogP contribution in [0.15, 0.2) is 36.4 Å². The van der Waals surface area contributed by atoms with Crippen molar-refractivity contribution in [3.63, 3.8) is 0 Å². The van der Waals surface area contributed by atoms with Crippen molar-refractivity contribution in [1.29, 1.82) is 0 Å². The number of ketones is 1. The van der Waals surface area contributed by atoms with Crippen LogP contribution in [0.4, 0.5) is 4.39 Å². The van der Waals surface area contributed by atoms with Crippen molar-refractivity contribution in [2.75, 3.05) is 0 Å². The van der Waals surface area contributed by atoms with Crippen LogP contribution in [-0.4, -0.2) is 10.8 Å². The molecule has 0 N–H and O–H groups in total. The molecule has 19 heavy (non-hydrogen) atoms. The molecular formula is C15H14FNO2. The lowest BCUT2D eigenvalue weighted by Gasteiger charge is -2.09. The third kappa shape index (κ3) is 3.37. The summed E-state index contributed by atoms with van der Waals surface area (Å²) in [4.78, 5) is 15.7. The summed E-state index contributed by atoms with van der Waals surface area (Å²) in [7, 11) is 0. The fourth-order valence-electron chi connectivity index (χ4n) is 1.73. The molecule has 0 aliphatic rings. The van der Waals surface area contributed by atoms with Crippen LogP contribution < -0.4 is 4.74 Å². The van der Waals surface area contributed by atoms with Crippen molar-refractivity contribution in [3.05, 3.63) is 59.2 Å². The Balaban J connectivity index is 2.17. The number of hydrogen-bond donors (Lipinski definition) is 0. The second-order valence-electron chi connectivity index (χ2n) is 4.26. The molecule has 0 spiro atoms. The van der Waals surface area contributed by atoms with Crippen LogP contribution in [0.25, 0.3) is 0 Å². The molecule has 1 aromatic heterocycles. The number of aromatic nitrogens is 1. The lowest BCUT2D eigenvalue weighted by molar-refractivity contribution is 0.101. The van der Waals surface area contributed by atoms with Crippen LogP contribution in [-0.2, 0) is 6.61 Å². The Labute approximate surface area is 111 Å². The number of nitrogens with zero attached hydrogens (tertiary/aromatic N) is 1. The summed E-state index contributed by atoms with van der Waals surface area (Å²) in [5.74, 6) is -0.310. The van der Waals surface area contributed by atoms with Crippen molar-refractivity contribution >= 4 is 5.78 Å². The second-order valence-corrected chi connectivity index (χ2v) is 4.26. The van der Waals surface area contributed by atoms with Gasteiger partial charge in [-0.3, -0.25) is 9.78 Å². The minimum absolute atomic E-state index is 0.230. The molecule has 1 aromatic carbocycles. The van der Waals surface area contributed by atoms with Gasteiger partial charge in [0.1, 0.15) is 18.2 Å². The van der Waals surface area contributed by atoms with Gasteiger partial charge in [-0.05, 0) is 44.2 Å². The van der Waals surface area contributed by atoms with Gasteiger partial charge in [0.2, 0.25) is 0 Å². The fraction of sp³-hybridized carbons (Fsp3) is 0.200. The molecule has 2 rings (SSSR count). The van der Waals surface area contributed by atoms with Gasteiger partial charge in [-0.15, -0.1) is 0 Å². The monoisotopic (exact) mass is 259 g/mol. The maximum absolute atomic E-state index is 13.1. The van der Waals surface area contributed by atoms with Gasteiger partial charge in [-0.2, -0.15) is 0 Å². The summed E-state index contributed by atoms with van der Waals surface area (Å²) in [5.41, 5.74) is 1.90. The summed E-state index contributed by atoms with van der Waals surface area (Å²) in [6.07, 6.45) is 0. The minimum Gasteiger partial charge on any atom is -0.487 e. The number of benzene rings is 1. The van der Waals surface area contributed by atoms with Gasteiger partial charge in [0.15, 0.2) is 5.78 Å². The largest absolute Gasteiger partial charge is 0.487 e. The van der Waals surface area contributed by atoms with Gasteiger partial charge in [-0.1, -0.05) is 6.07 Å². The van der Waals surface area contributed by atoms with E-state index in [0.29, 0.717) is 5.75 Å². The fourth-order valence-corrected chi connectivity index (χ4v) is 1.73. The first-order valence-electron chi connectivity index (χ1n) is 5.92. The molecule has 0 unspecified atom stereocenters. The van der Waals surface area contributed by atoms with E-state index in [9.17, 15) is 9.18 Å². The average Bonchev–Trinajstić information content (AvgIpc) is 2.37. The van der Waals surface area contributed by atoms with Crippen LogP contribution in [0, 0.1) is 12.7 Å². The van der Waals surface area contributed by atoms with E-state index in [2.05, 4.69) is 4.98 Å². The van der Waals surface area contributed by atoms with Gasteiger partial charge in [-0.25, -0.2) is 4.39 Å². The number of Topliss-reactive ketones (excluding diaryl/α,β-unsaturated/α-hetero) is 1. The van der Waals surface area contributed by atoms with Crippen LogP contribution in [0.3, 0.4) is 0 Å². The Hall–Kier alpha value is -2.23. The van der Waals surface area contributed by atoms with Crippen LogP contribution in [0.2, 0.25) is 0 Å². The molecule has 0 saturated carbocycles. The number of halogens is 1. The van der Waals surface area contributed by atoms with E-state index in [0.717, 1.165) is 11.4 Å². The van der Waals surface area contributed by atoms with E-state index in [-0.39, 0.29) is 18.0 Å². The van der Waals surface area contributed by atoms with E-state index in [4.69, 9.17) is 4.74 Å². The number of carbonyl (C=O) groups is 1. The molecule has 0 aliphatic heterocycles. The quantitative estimate of drug-likeness (QED) is 0.791. The van der Waals surface area contributed by atoms with E-state index < -0.39 is 5.82 Å². The molecule has 0 atom stereocenters. The van der Waals surface area contributed by atoms with E-state index in [1.165, 1.54) is 25.1 Å². The summed E-state index contributed by atoms with van der Waals surface area (Å²) in [5, 5.41) is 0. The number of aryl methyl sites for hydroxylation is 1. The summed E-state index contributed by atoms with van der Waals surface area (Å²) >= 11 is 0. The third-order valence-electron chi connectivity index (χ3n) is 2.64. The lowest BCUT2D eigenvalue weighted by Crippen LogP contribution is -2.03. The van der Waals surface area contributed by atoms with Crippen molar-refractivity contribution in [1.82, 2.24) is 4.98 Å². The zero-order chi connectivity index (χ0) is 13.8. The number of pyridine rings is 1. The zero-order valence-electron chi connectivity index (χ0n) is 10.8. The van der Waals surface area contributed by atoms with E-state index in [1.54, 1.807) is 0 Å². The standard InChI is InChI=1S/C15H14FNO2/c1-10-4-3-5-13(17-10)9-19-15-7-6-12(16)8-14(15)11(2)18/h3-8H,9H2,1-2H3. The predicted octanol–water partition coefficient (Wildman–Crippen LogP) is 3.31. The molecule has 0 bridgehead atoms. The Morgan fingerprint density at radius 3 is 2.79 bits per heavy atom. The highest BCUT2D eigenvalue weighted by molar-refractivity contribution is 5.96. The first-order chi connectivity index (χ1) is 9.06. The number of carbonyl (C=O) groups excluding carboxylic acids is 1. The molecule has 1 heterocycles. The highest BCUT2D eigenvalue weighted by atomic mass is 19.1. The van der Waals surface area contributed by atoms with Crippen LogP contribution in [0.1, 0.15) is 28.7 Å². The van der Waals surface area contributed by atoms with Gasteiger partial charge in [0.25, 0.3) is 0 Å². The van der Waals surface area contributed by atoms with Crippen molar-refractivity contribution in [2.45, 2.75) is 20.5 Å². The lowest BCUT2D eigenvalue weighted by atomic mass is 10.1. The Kier molecular flexibility index (Phi) is 3.90.